The molecule has 1 heterocycles. The summed E-state index contributed by atoms with van der Waals surface area (Å²) in [6, 6.07) is 11.7. The van der Waals surface area contributed by atoms with Gasteiger partial charge in [-0.15, -0.1) is 0 Å². The average Bonchev–Trinajstić information content (AvgIpc) is 3.04. The predicted octanol–water partition coefficient (Wildman–Crippen LogP) is 8.88. The molecule has 0 unspecified atom stereocenters. The van der Waals surface area contributed by atoms with Gasteiger partial charge in [0.1, 0.15) is 11.4 Å². The Hall–Kier alpha value is -1.59. The molecule has 35 heavy (non-hydrogen) atoms. The normalized spacial score (nSPS) is 20.1. The van der Waals surface area contributed by atoms with E-state index in [9.17, 15) is 0 Å². The maximum atomic E-state index is 6.52. The number of rotatable bonds is 4. The van der Waals surface area contributed by atoms with Gasteiger partial charge in [-0.3, -0.25) is 4.99 Å². The van der Waals surface area contributed by atoms with E-state index in [0.29, 0.717) is 15.2 Å². The van der Waals surface area contributed by atoms with Gasteiger partial charge in [0.25, 0.3) is 0 Å². The molecule has 2 aromatic carbocycles. The van der Waals surface area contributed by atoms with Gasteiger partial charge in [-0.2, -0.15) is 0 Å². The number of aryl methyl sites for hydroxylation is 1. The Morgan fingerprint density at radius 1 is 1.03 bits per heavy atom. The van der Waals surface area contributed by atoms with Crippen LogP contribution in [0.5, 0.6) is 0 Å². The van der Waals surface area contributed by atoms with Crippen LogP contribution < -0.4 is 10.2 Å². The van der Waals surface area contributed by atoms with E-state index >= 15 is 0 Å². The molecule has 2 fully saturated rings. The summed E-state index contributed by atoms with van der Waals surface area (Å²) < 4.78 is 0. The Kier molecular flexibility index (Phi) is 7.88. The molecule has 1 atom stereocenters. The van der Waals surface area contributed by atoms with Crippen LogP contribution >= 0.6 is 47.0 Å². The van der Waals surface area contributed by atoms with Crippen LogP contribution in [0, 0.1) is 12.3 Å². The van der Waals surface area contributed by atoms with Crippen molar-refractivity contribution in [3.8, 4) is 0 Å². The molecule has 1 saturated heterocycles. The number of thiocarbonyl (C=S) groups is 1. The average molecular weight is 549 g/mol. The summed E-state index contributed by atoms with van der Waals surface area (Å²) >= 11 is 24.9. The van der Waals surface area contributed by atoms with Crippen molar-refractivity contribution in [2.75, 3.05) is 4.90 Å². The monoisotopic (exact) mass is 547 g/mol. The van der Waals surface area contributed by atoms with Gasteiger partial charge in [0, 0.05) is 20.8 Å². The first-order chi connectivity index (χ1) is 16.5. The molecular weight excluding hydrogens is 517 g/mol. The zero-order valence-corrected chi connectivity index (χ0v) is 23.8. The van der Waals surface area contributed by atoms with Crippen LogP contribution in [0.25, 0.3) is 6.08 Å². The van der Waals surface area contributed by atoms with E-state index in [1.165, 1.54) is 6.42 Å². The van der Waals surface area contributed by atoms with Crippen molar-refractivity contribution < 1.29 is 0 Å². The SMILES string of the molecule is Cc1ccc(N2C(=S)NC(=N[C@H](/C=C/c3ccc(Cl)cc3Cl)C(C)(C)C)C23CCCCC3)cc1Cl. The predicted molar refractivity (Wildman–Crippen MR) is 156 cm³/mol. The quantitative estimate of drug-likeness (QED) is 0.387. The highest BCUT2D eigenvalue weighted by Crippen LogP contribution is 2.42. The zero-order chi connectivity index (χ0) is 25.4. The minimum absolute atomic E-state index is 0.0834. The molecule has 7 heteroatoms. The van der Waals surface area contributed by atoms with Crippen molar-refractivity contribution in [3.63, 3.8) is 0 Å². The summed E-state index contributed by atoms with van der Waals surface area (Å²) in [5, 5.41) is 6.18. The Labute approximate surface area is 229 Å². The summed E-state index contributed by atoms with van der Waals surface area (Å²) in [5.41, 5.74) is 2.59. The second-order valence-electron chi connectivity index (χ2n) is 10.6. The minimum atomic E-state index is -0.289. The highest BCUT2D eigenvalue weighted by Gasteiger charge is 2.50. The Morgan fingerprint density at radius 3 is 2.37 bits per heavy atom. The number of hydrogen-bond donors (Lipinski definition) is 1. The summed E-state index contributed by atoms with van der Waals surface area (Å²) in [7, 11) is 0. The van der Waals surface area contributed by atoms with Gasteiger partial charge in [0.05, 0.1) is 6.04 Å². The lowest BCUT2D eigenvalue weighted by molar-refractivity contribution is 0.357. The summed E-state index contributed by atoms with van der Waals surface area (Å²) in [6.45, 7) is 8.62. The molecule has 4 rings (SSSR count). The number of benzene rings is 2. The van der Waals surface area contributed by atoms with Crippen LogP contribution in [0.2, 0.25) is 15.1 Å². The standard InChI is InChI=1S/C28H32Cl3N3S/c1-18-8-12-21(17-22(18)30)34-26(35)33-25(28(34)14-6-5-7-15-28)32-24(27(2,3)4)13-10-19-9-11-20(29)16-23(19)31/h8-13,16-17,24H,5-7,14-15H2,1-4H3,(H,32,33,35)/b13-10+/t24-/m1/s1. The molecule has 1 saturated carbocycles. The van der Waals surface area contributed by atoms with Crippen molar-refractivity contribution in [1.29, 1.82) is 0 Å². The number of nitrogens with one attached hydrogen (secondary N) is 1. The van der Waals surface area contributed by atoms with Gasteiger partial charge >= 0.3 is 0 Å². The largest absolute Gasteiger partial charge is 0.319 e. The highest BCUT2D eigenvalue weighted by molar-refractivity contribution is 7.80. The van der Waals surface area contributed by atoms with Crippen molar-refractivity contribution in [2.45, 2.75) is 71.4 Å². The van der Waals surface area contributed by atoms with Gasteiger partial charge in [0.2, 0.25) is 0 Å². The van der Waals surface area contributed by atoms with Crippen LogP contribution in [0.1, 0.15) is 64.0 Å². The molecule has 2 aromatic rings. The van der Waals surface area contributed by atoms with Crippen LogP contribution in [-0.2, 0) is 0 Å². The van der Waals surface area contributed by atoms with Crippen LogP contribution in [0.15, 0.2) is 47.5 Å². The Balaban J connectivity index is 1.76. The molecule has 2 aliphatic rings. The first-order valence-electron chi connectivity index (χ1n) is 12.1. The number of halogens is 3. The Bertz CT molecular complexity index is 1180. The first kappa shape index (κ1) is 26.5. The lowest BCUT2D eigenvalue weighted by Gasteiger charge is -2.41. The highest BCUT2D eigenvalue weighted by atomic mass is 35.5. The number of hydrogen-bond acceptors (Lipinski definition) is 2. The van der Waals surface area contributed by atoms with Crippen molar-refractivity contribution in [1.82, 2.24) is 5.32 Å². The lowest BCUT2D eigenvalue weighted by Crippen LogP contribution is -2.51. The van der Waals surface area contributed by atoms with Gasteiger partial charge < -0.3 is 10.2 Å². The summed E-state index contributed by atoms with van der Waals surface area (Å²) in [4.78, 5) is 7.59. The molecule has 186 valence electrons. The van der Waals surface area contributed by atoms with E-state index in [0.717, 1.165) is 53.4 Å². The molecule has 0 amide bonds. The van der Waals surface area contributed by atoms with E-state index in [1.807, 2.05) is 31.2 Å². The fraction of sp³-hybridized carbons (Fsp3) is 0.429. The van der Waals surface area contributed by atoms with Crippen LogP contribution in [-0.4, -0.2) is 22.5 Å². The van der Waals surface area contributed by atoms with E-state index in [-0.39, 0.29) is 17.0 Å². The Morgan fingerprint density at radius 2 is 1.74 bits per heavy atom. The third-order valence-corrected chi connectivity index (χ3v) is 8.22. The van der Waals surface area contributed by atoms with E-state index < -0.39 is 0 Å². The minimum Gasteiger partial charge on any atom is -0.319 e. The number of aliphatic imine (C=N–C) groups is 1. The van der Waals surface area contributed by atoms with E-state index in [2.05, 4.69) is 49.2 Å². The zero-order valence-electron chi connectivity index (χ0n) is 20.7. The van der Waals surface area contributed by atoms with E-state index in [1.54, 1.807) is 6.07 Å². The first-order valence-corrected chi connectivity index (χ1v) is 13.6. The molecular formula is C28H32Cl3N3S. The summed E-state index contributed by atoms with van der Waals surface area (Å²) in [6.07, 6.45) is 9.65. The molecule has 1 N–H and O–H groups in total. The second-order valence-corrected chi connectivity index (χ2v) is 12.2. The number of nitrogens with zero attached hydrogens (tertiary/aromatic N) is 2. The summed E-state index contributed by atoms with van der Waals surface area (Å²) in [5.74, 6) is 0.950. The molecule has 0 aromatic heterocycles. The molecule has 1 aliphatic carbocycles. The lowest BCUT2D eigenvalue weighted by atomic mass is 9.79. The third-order valence-electron chi connectivity index (χ3n) is 6.97. The fourth-order valence-corrected chi connectivity index (χ4v) is 5.93. The fourth-order valence-electron chi connectivity index (χ4n) is 4.90. The van der Waals surface area contributed by atoms with Crippen molar-refractivity contribution in [3.05, 3.63) is 68.7 Å². The van der Waals surface area contributed by atoms with Crippen molar-refractivity contribution in [2.24, 2.45) is 10.4 Å². The third kappa shape index (κ3) is 5.56. The molecule has 0 radical (unpaired) electrons. The van der Waals surface area contributed by atoms with Crippen molar-refractivity contribution >= 4 is 69.7 Å². The van der Waals surface area contributed by atoms with Gasteiger partial charge in [0.15, 0.2) is 5.11 Å². The molecule has 1 spiro atoms. The van der Waals surface area contributed by atoms with Gasteiger partial charge in [-0.1, -0.05) is 99.1 Å². The van der Waals surface area contributed by atoms with Crippen LogP contribution in [0.4, 0.5) is 5.69 Å². The number of anilines is 1. The smallest absolute Gasteiger partial charge is 0.179 e. The topological polar surface area (TPSA) is 27.6 Å². The second kappa shape index (κ2) is 10.4. The molecule has 1 aliphatic heterocycles. The maximum Gasteiger partial charge on any atom is 0.179 e. The molecule has 0 bridgehead atoms. The van der Waals surface area contributed by atoms with Gasteiger partial charge in [-0.25, -0.2) is 0 Å². The molecule has 3 nitrogen and oxygen atoms in total. The van der Waals surface area contributed by atoms with E-state index in [4.69, 9.17) is 52.0 Å². The maximum absolute atomic E-state index is 6.52. The van der Waals surface area contributed by atoms with Gasteiger partial charge in [-0.05, 0) is 72.8 Å². The number of amidine groups is 1. The van der Waals surface area contributed by atoms with Crippen LogP contribution in [0.3, 0.4) is 0 Å².